The number of nitrogens with one attached hydrogen (secondary N) is 1. The third-order valence-electron chi connectivity index (χ3n) is 6.57. The summed E-state index contributed by atoms with van der Waals surface area (Å²) >= 11 is 14.6. The SMILES string of the molecule is Cc1ccc([C@@H]2[C@H](c3ccccn3)NC(=S)N2c2ccc(N3C[C@H](C)C[C@@H](C)C3)c(Cl)c2)s1. The highest BCUT2D eigenvalue weighted by atomic mass is 35.5. The highest BCUT2D eigenvalue weighted by Crippen LogP contribution is 2.45. The van der Waals surface area contributed by atoms with Crippen molar-refractivity contribution in [2.45, 2.75) is 39.3 Å². The van der Waals surface area contributed by atoms with Crippen molar-refractivity contribution in [2.75, 3.05) is 22.9 Å². The van der Waals surface area contributed by atoms with Gasteiger partial charge in [-0.25, -0.2) is 0 Å². The Morgan fingerprint density at radius 2 is 1.88 bits per heavy atom. The second-order valence-electron chi connectivity index (χ2n) is 9.43. The fraction of sp³-hybridized carbons (Fsp3) is 0.385. The molecule has 2 aliphatic heterocycles. The van der Waals surface area contributed by atoms with E-state index in [2.05, 4.69) is 77.3 Å². The number of piperidine rings is 1. The lowest BCUT2D eigenvalue weighted by molar-refractivity contribution is 0.357. The van der Waals surface area contributed by atoms with Crippen LogP contribution in [-0.4, -0.2) is 23.2 Å². The lowest BCUT2D eigenvalue weighted by Crippen LogP contribution is -2.38. The Hall–Kier alpha value is -2.15. The number of thiophene rings is 1. The number of pyridine rings is 1. The molecule has 4 atom stereocenters. The van der Waals surface area contributed by atoms with Crippen molar-refractivity contribution in [2.24, 2.45) is 11.8 Å². The molecule has 7 heteroatoms. The van der Waals surface area contributed by atoms with Crippen LogP contribution in [0.25, 0.3) is 0 Å². The van der Waals surface area contributed by atoms with Crippen molar-refractivity contribution < 1.29 is 0 Å². The summed E-state index contributed by atoms with van der Waals surface area (Å²) in [5.41, 5.74) is 3.10. The van der Waals surface area contributed by atoms with Gasteiger partial charge >= 0.3 is 0 Å². The number of halogens is 1. The smallest absolute Gasteiger partial charge is 0.174 e. The van der Waals surface area contributed by atoms with Gasteiger partial charge in [0.1, 0.15) is 0 Å². The second-order valence-corrected chi connectivity index (χ2v) is 11.5. The van der Waals surface area contributed by atoms with Gasteiger partial charge in [-0.05, 0) is 79.9 Å². The molecular weight excluding hydrogens is 468 g/mol. The van der Waals surface area contributed by atoms with Crippen molar-refractivity contribution in [3.63, 3.8) is 0 Å². The van der Waals surface area contributed by atoms with Gasteiger partial charge in [0.25, 0.3) is 0 Å². The van der Waals surface area contributed by atoms with Crippen molar-refractivity contribution in [3.05, 3.63) is 75.2 Å². The quantitative estimate of drug-likeness (QED) is 0.403. The van der Waals surface area contributed by atoms with E-state index in [0.717, 1.165) is 35.2 Å². The normalized spacial score (nSPS) is 25.4. The molecule has 0 bridgehead atoms. The summed E-state index contributed by atoms with van der Waals surface area (Å²) in [5, 5.41) is 5.01. The van der Waals surface area contributed by atoms with E-state index in [-0.39, 0.29) is 12.1 Å². The van der Waals surface area contributed by atoms with Gasteiger partial charge in [-0.3, -0.25) is 4.98 Å². The summed E-state index contributed by atoms with van der Waals surface area (Å²) in [6.07, 6.45) is 3.11. The first-order chi connectivity index (χ1) is 15.9. The van der Waals surface area contributed by atoms with Crippen LogP contribution < -0.4 is 15.1 Å². The number of hydrogen-bond acceptors (Lipinski definition) is 4. The lowest BCUT2D eigenvalue weighted by Gasteiger charge is -2.37. The van der Waals surface area contributed by atoms with Gasteiger partial charge in [-0.1, -0.05) is 31.5 Å². The average Bonchev–Trinajstić information content (AvgIpc) is 3.36. The standard InChI is InChI=1S/C26H29ClN4S2/c1-16-12-17(2)15-30(14-16)22-9-8-19(13-20(22)27)31-25(23-10-7-18(3)33-23)24(29-26(31)32)21-6-4-5-11-28-21/h4-11,13,16-17,24-25H,12,14-15H2,1-3H3,(H,29,32)/t16-,17-,24+,25-/m1/s1. The minimum absolute atomic E-state index is 0.0167. The molecule has 3 aromatic rings. The van der Waals surface area contributed by atoms with E-state index < -0.39 is 0 Å². The maximum atomic E-state index is 6.89. The zero-order valence-electron chi connectivity index (χ0n) is 19.2. The Morgan fingerprint density at radius 3 is 2.52 bits per heavy atom. The molecular formula is C26H29ClN4S2. The van der Waals surface area contributed by atoms with Gasteiger partial charge in [0.15, 0.2) is 5.11 Å². The fourth-order valence-corrected chi connectivity index (χ4v) is 6.94. The van der Waals surface area contributed by atoms with Gasteiger partial charge in [0, 0.05) is 34.7 Å². The molecule has 0 amide bonds. The summed E-state index contributed by atoms with van der Waals surface area (Å²) in [4.78, 5) is 11.8. The molecule has 2 saturated heterocycles. The van der Waals surface area contributed by atoms with E-state index in [1.165, 1.54) is 16.2 Å². The monoisotopic (exact) mass is 496 g/mol. The molecule has 4 nitrogen and oxygen atoms in total. The molecule has 0 spiro atoms. The lowest BCUT2D eigenvalue weighted by atomic mass is 9.91. The maximum absolute atomic E-state index is 6.89. The second kappa shape index (κ2) is 9.24. The summed E-state index contributed by atoms with van der Waals surface area (Å²) in [5.74, 6) is 1.34. The van der Waals surface area contributed by atoms with E-state index in [1.54, 1.807) is 11.3 Å². The first kappa shape index (κ1) is 22.6. The number of aryl methyl sites for hydroxylation is 1. The third kappa shape index (κ3) is 4.48. The first-order valence-electron chi connectivity index (χ1n) is 11.5. The van der Waals surface area contributed by atoms with Gasteiger partial charge in [0.2, 0.25) is 0 Å². The van der Waals surface area contributed by atoms with Crippen LogP contribution in [0.4, 0.5) is 11.4 Å². The number of benzene rings is 1. The topological polar surface area (TPSA) is 31.4 Å². The van der Waals surface area contributed by atoms with Gasteiger partial charge in [0.05, 0.1) is 28.5 Å². The van der Waals surface area contributed by atoms with Crippen molar-refractivity contribution >= 4 is 51.6 Å². The molecule has 0 radical (unpaired) electrons. The molecule has 2 aromatic heterocycles. The molecule has 5 rings (SSSR count). The number of anilines is 2. The Bertz CT molecular complexity index is 1140. The number of thiocarbonyl (C=S) groups is 1. The molecule has 0 unspecified atom stereocenters. The first-order valence-corrected chi connectivity index (χ1v) is 13.1. The predicted molar refractivity (Wildman–Crippen MR) is 144 cm³/mol. The summed E-state index contributed by atoms with van der Waals surface area (Å²) < 4.78 is 0. The third-order valence-corrected chi connectivity index (χ3v) is 8.26. The van der Waals surface area contributed by atoms with E-state index in [1.807, 2.05) is 18.3 Å². The molecule has 172 valence electrons. The minimum Gasteiger partial charge on any atom is -0.370 e. The Balaban J connectivity index is 1.51. The Morgan fingerprint density at radius 1 is 1.09 bits per heavy atom. The average molecular weight is 497 g/mol. The van der Waals surface area contributed by atoms with E-state index in [4.69, 9.17) is 23.8 Å². The summed E-state index contributed by atoms with van der Waals surface area (Å²) in [7, 11) is 0. The molecule has 0 aliphatic carbocycles. The van der Waals surface area contributed by atoms with Crippen LogP contribution >= 0.6 is 35.2 Å². The maximum Gasteiger partial charge on any atom is 0.174 e. The fourth-order valence-electron chi connectivity index (χ4n) is 5.30. The molecule has 33 heavy (non-hydrogen) atoms. The minimum atomic E-state index is -0.0287. The number of aromatic nitrogens is 1. The number of rotatable bonds is 4. The van der Waals surface area contributed by atoms with E-state index in [0.29, 0.717) is 16.9 Å². The summed E-state index contributed by atoms with van der Waals surface area (Å²) in [6, 6.07) is 16.8. The van der Waals surface area contributed by atoms with E-state index in [9.17, 15) is 0 Å². The highest BCUT2D eigenvalue weighted by molar-refractivity contribution is 7.80. The zero-order valence-corrected chi connectivity index (χ0v) is 21.6. The largest absolute Gasteiger partial charge is 0.370 e. The Labute approximate surface area is 210 Å². The van der Waals surface area contributed by atoms with Gasteiger partial charge < -0.3 is 15.1 Å². The summed E-state index contributed by atoms with van der Waals surface area (Å²) in [6.45, 7) is 8.88. The molecule has 0 saturated carbocycles. The van der Waals surface area contributed by atoms with Gasteiger partial charge in [-0.15, -0.1) is 11.3 Å². The van der Waals surface area contributed by atoms with Crippen molar-refractivity contribution in [1.82, 2.24) is 10.3 Å². The molecule has 2 aliphatic rings. The van der Waals surface area contributed by atoms with Crippen LogP contribution in [0.3, 0.4) is 0 Å². The van der Waals surface area contributed by atoms with E-state index >= 15 is 0 Å². The predicted octanol–water partition coefficient (Wildman–Crippen LogP) is 6.76. The van der Waals surface area contributed by atoms with Crippen LogP contribution in [0.2, 0.25) is 5.02 Å². The molecule has 2 fully saturated rings. The number of hydrogen-bond donors (Lipinski definition) is 1. The molecule has 4 heterocycles. The molecule has 1 aromatic carbocycles. The molecule has 1 N–H and O–H groups in total. The van der Waals surface area contributed by atoms with Crippen LogP contribution in [-0.2, 0) is 0 Å². The van der Waals surface area contributed by atoms with Crippen LogP contribution in [0.5, 0.6) is 0 Å². The highest BCUT2D eigenvalue weighted by Gasteiger charge is 2.41. The van der Waals surface area contributed by atoms with Gasteiger partial charge in [-0.2, -0.15) is 0 Å². The van der Waals surface area contributed by atoms with Crippen molar-refractivity contribution in [1.29, 1.82) is 0 Å². The van der Waals surface area contributed by atoms with Crippen molar-refractivity contribution in [3.8, 4) is 0 Å². The Kier molecular flexibility index (Phi) is 6.34. The van der Waals surface area contributed by atoms with Crippen LogP contribution in [0, 0.1) is 18.8 Å². The zero-order chi connectivity index (χ0) is 23.1. The van der Waals surface area contributed by atoms with Crippen LogP contribution in [0.15, 0.2) is 54.7 Å². The number of nitrogens with zero attached hydrogens (tertiary/aromatic N) is 3. The van der Waals surface area contributed by atoms with Crippen LogP contribution in [0.1, 0.15) is 47.8 Å².